The second-order valence-corrected chi connectivity index (χ2v) is 9.94. The lowest BCUT2D eigenvalue weighted by Crippen LogP contribution is -2.05. The summed E-state index contributed by atoms with van der Waals surface area (Å²) in [7, 11) is 3.41. The summed E-state index contributed by atoms with van der Waals surface area (Å²) in [6.45, 7) is 0. The zero-order valence-electron chi connectivity index (χ0n) is 21.0. The van der Waals surface area contributed by atoms with E-state index in [-0.39, 0.29) is 5.92 Å². The third kappa shape index (κ3) is 3.37. The van der Waals surface area contributed by atoms with Gasteiger partial charge in [0.2, 0.25) is 0 Å². The molecule has 0 bridgehead atoms. The molecule has 0 atom stereocenters. The van der Waals surface area contributed by atoms with Crippen LogP contribution in [0.1, 0.15) is 22.6 Å². The predicted octanol–water partition coefficient (Wildman–Crippen LogP) is 8.81. The molecular formula is C33H25ClN2O2. The maximum absolute atomic E-state index is 7.02. The molecule has 0 aliphatic rings. The molecule has 0 aliphatic carbocycles. The van der Waals surface area contributed by atoms with E-state index >= 15 is 0 Å². The molecule has 0 unspecified atom stereocenters. The van der Waals surface area contributed by atoms with Gasteiger partial charge in [0.05, 0.1) is 19.2 Å². The highest BCUT2D eigenvalue weighted by Gasteiger charge is 2.28. The van der Waals surface area contributed by atoms with E-state index in [2.05, 4.69) is 95.2 Å². The Hall–Kier alpha value is -4.41. The van der Waals surface area contributed by atoms with Crippen LogP contribution in [0.5, 0.6) is 11.5 Å². The van der Waals surface area contributed by atoms with Gasteiger partial charge in [0.1, 0.15) is 11.5 Å². The first-order valence-corrected chi connectivity index (χ1v) is 12.9. The monoisotopic (exact) mass is 516 g/mol. The van der Waals surface area contributed by atoms with Crippen molar-refractivity contribution in [3.8, 4) is 11.5 Å². The van der Waals surface area contributed by atoms with Crippen LogP contribution in [0.2, 0.25) is 5.02 Å². The fourth-order valence-corrected chi connectivity index (χ4v) is 6.20. The minimum atomic E-state index is -0.108. The fourth-order valence-electron chi connectivity index (χ4n) is 5.87. The Balaban J connectivity index is 1.66. The highest BCUT2D eigenvalue weighted by atomic mass is 35.5. The lowest BCUT2D eigenvalue weighted by molar-refractivity contribution is 0.415. The molecule has 0 amide bonds. The third-order valence-electron chi connectivity index (χ3n) is 7.66. The Morgan fingerprint density at radius 2 is 1.03 bits per heavy atom. The average molecular weight is 517 g/mol. The summed E-state index contributed by atoms with van der Waals surface area (Å²) in [4.78, 5) is 7.03. The van der Waals surface area contributed by atoms with Gasteiger partial charge < -0.3 is 19.4 Å². The van der Waals surface area contributed by atoms with E-state index in [4.69, 9.17) is 21.1 Å². The lowest BCUT2D eigenvalue weighted by atomic mass is 9.80. The minimum absolute atomic E-state index is 0.108. The van der Waals surface area contributed by atoms with Crippen molar-refractivity contribution in [1.29, 1.82) is 0 Å². The Morgan fingerprint density at radius 3 is 1.47 bits per heavy atom. The molecule has 4 nitrogen and oxygen atoms in total. The number of ether oxygens (including phenoxy) is 2. The molecule has 5 aromatic carbocycles. The number of methoxy groups -OCH3 is 2. The van der Waals surface area contributed by atoms with Crippen LogP contribution in [-0.4, -0.2) is 24.2 Å². The Labute approximate surface area is 224 Å². The van der Waals surface area contributed by atoms with Crippen molar-refractivity contribution in [3.05, 3.63) is 119 Å². The summed E-state index contributed by atoms with van der Waals surface area (Å²) in [5, 5.41) is 7.38. The molecule has 7 aromatic rings. The summed E-state index contributed by atoms with van der Waals surface area (Å²) in [5.41, 5.74) is 5.67. The molecule has 0 saturated heterocycles. The zero-order chi connectivity index (χ0) is 25.8. The van der Waals surface area contributed by atoms with Gasteiger partial charge in [-0.05, 0) is 63.9 Å². The summed E-state index contributed by atoms with van der Waals surface area (Å²) in [6.07, 6.45) is 4.26. The molecule has 5 heteroatoms. The maximum atomic E-state index is 7.02. The largest absolute Gasteiger partial charge is 0.497 e. The van der Waals surface area contributed by atoms with E-state index in [0.29, 0.717) is 0 Å². The molecule has 7 rings (SSSR count). The average Bonchev–Trinajstić information content (AvgIpc) is 3.59. The number of fused-ring (bicyclic) bond motifs is 4. The van der Waals surface area contributed by atoms with E-state index in [9.17, 15) is 0 Å². The summed E-state index contributed by atoms with van der Waals surface area (Å²) < 4.78 is 11.3. The van der Waals surface area contributed by atoms with Gasteiger partial charge in [-0.3, -0.25) is 0 Å². The van der Waals surface area contributed by atoms with Crippen molar-refractivity contribution in [2.75, 3.05) is 14.2 Å². The van der Waals surface area contributed by atoms with Crippen LogP contribution in [0.25, 0.3) is 43.4 Å². The van der Waals surface area contributed by atoms with Gasteiger partial charge >= 0.3 is 0 Å². The summed E-state index contributed by atoms with van der Waals surface area (Å²) >= 11 is 7.02. The van der Waals surface area contributed by atoms with Crippen LogP contribution in [0.3, 0.4) is 0 Å². The number of hydrogen-bond acceptors (Lipinski definition) is 2. The van der Waals surface area contributed by atoms with Crippen LogP contribution in [0, 0.1) is 0 Å². The number of H-pyrrole nitrogens is 2. The van der Waals surface area contributed by atoms with Gasteiger partial charge in [-0.1, -0.05) is 60.1 Å². The molecular weight excluding hydrogens is 492 g/mol. The first-order chi connectivity index (χ1) is 18.7. The van der Waals surface area contributed by atoms with Crippen LogP contribution >= 0.6 is 11.6 Å². The van der Waals surface area contributed by atoms with Crippen molar-refractivity contribution in [1.82, 2.24) is 9.97 Å². The van der Waals surface area contributed by atoms with E-state index in [1.54, 1.807) is 14.2 Å². The van der Waals surface area contributed by atoms with Crippen molar-refractivity contribution < 1.29 is 9.47 Å². The molecule has 2 N–H and O–H groups in total. The number of hydrogen-bond donors (Lipinski definition) is 2. The fraction of sp³-hybridized carbons (Fsp3) is 0.0909. The van der Waals surface area contributed by atoms with E-state index < -0.39 is 0 Å². The van der Waals surface area contributed by atoms with Crippen LogP contribution in [-0.2, 0) is 0 Å². The molecule has 186 valence electrons. The maximum Gasteiger partial charge on any atom is 0.119 e. The molecule has 2 heterocycles. The van der Waals surface area contributed by atoms with Crippen molar-refractivity contribution >= 4 is 55.0 Å². The first kappa shape index (κ1) is 22.8. The van der Waals surface area contributed by atoms with Crippen molar-refractivity contribution in [2.24, 2.45) is 0 Å². The number of halogens is 1. The van der Waals surface area contributed by atoms with Gasteiger partial charge in [0.25, 0.3) is 0 Å². The highest BCUT2D eigenvalue weighted by molar-refractivity contribution is 6.41. The minimum Gasteiger partial charge on any atom is -0.497 e. The smallest absolute Gasteiger partial charge is 0.119 e. The molecule has 0 fully saturated rings. The Bertz CT molecular complexity index is 1850. The van der Waals surface area contributed by atoms with Crippen LogP contribution in [0.4, 0.5) is 0 Å². The molecule has 0 radical (unpaired) electrons. The SMILES string of the molecule is COc1ccc2[nH]cc(C(c3c[nH]c4ccc(OC)cc34)c3c4ccccc4c(Cl)c4ccccc34)c2c1. The number of benzene rings is 5. The van der Waals surface area contributed by atoms with E-state index in [1.807, 2.05) is 12.1 Å². The second-order valence-electron chi connectivity index (χ2n) is 9.56. The lowest BCUT2D eigenvalue weighted by Gasteiger charge is -2.23. The quantitative estimate of drug-likeness (QED) is 0.224. The highest BCUT2D eigenvalue weighted by Crippen LogP contribution is 2.47. The predicted molar refractivity (Wildman–Crippen MR) is 157 cm³/mol. The van der Waals surface area contributed by atoms with Gasteiger partial charge in [0.15, 0.2) is 0 Å². The Morgan fingerprint density at radius 1 is 0.579 bits per heavy atom. The van der Waals surface area contributed by atoms with Crippen LogP contribution < -0.4 is 9.47 Å². The standard InChI is InChI=1S/C33H25ClN2O2/c1-37-19-11-13-29-25(15-19)27(17-35-29)32(28-18-36-30-14-12-20(38-2)16-26(28)30)31-21-7-3-5-9-23(21)33(34)24-10-6-4-8-22(24)31/h3-18,32,35-36H,1-2H3. The molecule has 0 saturated carbocycles. The molecule has 38 heavy (non-hydrogen) atoms. The third-order valence-corrected chi connectivity index (χ3v) is 8.07. The molecule has 0 aliphatic heterocycles. The van der Waals surface area contributed by atoms with Gasteiger partial charge in [-0.2, -0.15) is 0 Å². The number of aromatic amines is 2. The topological polar surface area (TPSA) is 50.0 Å². The Kier molecular flexibility index (Phi) is 5.31. The van der Waals surface area contributed by atoms with Gasteiger partial charge in [-0.15, -0.1) is 0 Å². The zero-order valence-corrected chi connectivity index (χ0v) is 21.8. The first-order valence-electron chi connectivity index (χ1n) is 12.6. The van der Waals surface area contributed by atoms with Gasteiger partial charge in [0, 0.05) is 50.9 Å². The molecule has 2 aromatic heterocycles. The van der Waals surface area contributed by atoms with Crippen molar-refractivity contribution in [3.63, 3.8) is 0 Å². The summed E-state index contributed by atoms with van der Waals surface area (Å²) in [5.74, 6) is 1.54. The normalized spacial score (nSPS) is 11.8. The number of rotatable bonds is 5. The van der Waals surface area contributed by atoms with E-state index in [1.165, 1.54) is 16.7 Å². The summed E-state index contributed by atoms with van der Waals surface area (Å²) in [6, 6.07) is 29.2. The second kappa shape index (κ2) is 8.86. The molecule has 0 spiro atoms. The van der Waals surface area contributed by atoms with Crippen molar-refractivity contribution in [2.45, 2.75) is 5.92 Å². The van der Waals surface area contributed by atoms with Crippen LogP contribution in [0.15, 0.2) is 97.3 Å². The number of nitrogens with one attached hydrogen (secondary N) is 2. The van der Waals surface area contributed by atoms with E-state index in [0.717, 1.165) is 59.9 Å². The number of aromatic nitrogens is 2. The van der Waals surface area contributed by atoms with Gasteiger partial charge in [-0.25, -0.2) is 0 Å².